The van der Waals surface area contributed by atoms with Crippen LogP contribution in [0.2, 0.25) is 0 Å². The fourth-order valence-corrected chi connectivity index (χ4v) is 4.38. The van der Waals surface area contributed by atoms with Gasteiger partial charge in [0.1, 0.15) is 0 Å². The van der Waals surface area contributed by atoms with Gasteiger partial charge in [0.05, 0.1) is 19.0 Å². The Bertz CT molecular complexity index is 596. The van der Waals surface area contributed by atoms with Crippen LogP contribution in [0.25, 0.3) is 0 Å². The molecule has 1 aromatic heterocycles. The quantitative estimate of drug-likeness (QED) is 0.817. The zero-order chi connectivity index (χ0) is 17.2. The number of furan rings is 1. The molecule has 0 aromatic carbocycles. The van der Waals surface area contributed by atoms with Crippen LogP contribution in [0, 0.1) is 12.8 Å². The van der Waals surface area contributed by atoms with E-state index in [-0.39, 0.29) is 12.0 Å². The van der Waals surface area contributed by atoms with Crippen LogP contribution in [0.1, 0.15) is 35.4 Å². The number of aryl methyl sites for hydroxylation is 1. The molecule has 1 aromatic rings. The van der Waals surface area contributed by atoms with Crippen LogP contribution >= 0.6 is 0 Å². The van der Waals surface area contributed by atoms with Crippen molar-refractivity contribution in [1.82, 2.24) is 9.80 Å². The lowest BCUT2D eigenvalue weighted by Crippen LogP contribution is -2.50. The van der Waals surface area contributed by atoms with Gasteiger partial charge >= 0.3 is 0 Å². The molecule has 3 fully saturated rings. The highest BCUT2D eigenvalue weighted by Crippen LogP contribution is 2.28. The number of ether oxygens (including phenoxy) is 2. The molecule has 0 unspecified atom stereocenters. The number of nitrogens with zero attached hydrogens (tertiary/aromatic N) is 2. The van der Waals surface area contributed by atoms with Crippen LogP contribution in [0.4, 0.5) is 0 Å². The molecule has 0 radical (unpaired) electrons. The number of carbonyl (C=O) groups is 1. The second kappa shape index (κ2) is 7.48. The Labute approximate surface area is 149 Å². The summed E-state index contributed by atoms with van der Waals surface area (Å²) in [6.07, 6.45) is 4.97. The highest BCUT2D eigenvalue weighted by Gasteiger charge is 2.37. The first-order valence-electron chi connectivity index (χ1n) is 9.49. The molecule has 2 atom stereocenters. The van der Waals surface area contributed by atoms with Crippen LogP contribution in [0.5, 0.6) is 0 Å². The van der Waals surface area contributed by atoms with Crippen molar-refractivity contribution in [2.75, 3.05) is 46.0 Å². The third-order valence-electron chi connectivity index (χ3n) is 5.93. The van der Waals surface area contributed by atoms with E-state index in [0.717, 1.165) is 64.3 Å². The maximum absolute atomic E-state index is 12.7. The Morgan fingerprint density at radius 3 is 2.72 bits per heavy atom. The number of likely N-dealkylation sites (tertiary alicyclic amines) is 1. The zero-order valence-electron chi connectivity index (χ0n) is 15.0. The molecule has 4 heterocycles. The van der Waals surface area contributed by atoms with Crippen molar-refractivity contribution in [2.45, 2.75) is 38.3 Å². The van der Waals surface area contributed by atoms with Gasteiger partial charge in [-0.2, -0.15) is 0 Å². The second-order valence-corrected chi connectivity index (χ2v) is 7.48. The van der Waals surface area contributed by atoms with E-state index in [1.807, 2.05) is 17.9 Å². The number of fused-ring (bicyclic) bond motifs is 1. The molecule has 138 valence electrons. The summed E-state index contributed by atoms with van der Waals surface area (Å²) in [5.74, 6) is 0.970. The normalized spacial score (nSPS) is 29.2. The molecular weight excluding hydrogens is 320 g/mol. The van der Waals surface area contributed by atoms with E-state index < -0.39 is 0 Å². The van der Waals surface area contributed by atoms with E-state index in [9.17, 15) is 4.79 Å². The number of rotatable bonds is 2. The van der Waals surface area contributed by atoms with Crippen LogP contribution in [0.3, 0.4) is 0 Å². The predicted molar refractivity (Wildman–Crippen MR) is 92.6 cm³/mol. The fourth-order valence-electron chi connectivity index (χ4n) is 4.38. The Morgan fingerprint density at radius 1 is 1.12 bits per heavy atom. The first-order valence-corrected chi connectivity index (χ1v) is 9.49. The molecule has 0 N–H and O–H groups in total. The number of amides is 1. The minimum atomic E-state index is -0.00455. The summed E-state index contributed by atoms with van der Waals surface area (Å²) in [4.78, 5) is 17.2. The number of piperidine rings is 1. The van der Waals surface area contributed by atoms with Gasteiger partial charge in [0.25, 0.3) is 5.91 Å². The van der Waals surface area contributed by atoms with Gasteiger partial charge in [-0.25, -0.2) is 0 Å². The maximum atomic E-state index is 12.7. The van der Waals surface area contributed by atoms with Crippen molar-refractivity contribution in [1.29, 1.82) is 0 Å². The summed E-state index contributed by atoms with van der Waals surface area (Å²) in [6, 6.07) is 2.47. The summed E-state index contributed by atoms with van der Waals surface area (Å²) >= 11 is 0. The minimum Gasteiger partial charge on any atom is -0.459 e. The Hall–Kier alpha value is -1.37. The zero-order valence-corrected chi connectivity index (χ0v) is 15.0. The van der Waals surface area contributed by atoms with Gasteiger partial charge in [-0.3, -0.25) is 9.69 Å². The molecule has 3 aliphatic heterocycles. The average Bonchev–Trinajstić information content (AvgIpc) is 2.96. The molecule has 25 heavy (non-hydrogen) atoms. The summed E-state index contributed by atoms with van der Waals surface area (Å²) in [6.45, 7) is 7.94. The second-order valence-electron chi connectivity index (χ2n) is 7.48. The van der Waals surface area contributed by atoms with Crippen LogP contribution in [-0.4, -0.2) is 73.9 Å². The highest BCUT2D eigenvalue weighted by atomic mass is 16.5. The lowest BCUT2D eigenvalue weighted by molar-refractivity contribution is -0.0182. The van der Waals surface area contributed by atoms with Crippen molar-refractivity contribution >= 4 is 5.91 Å². The molecule has 0 aliphatic carbocycles. The SMILES string of the molecule is Cc1ccoc1C(=O)N1CC[C@@H]2CN(C3CCOCC3)CCO[C@@H]2C1. The van der Waals surface area contributed by atoms with Gasteiger partial charge in [-0.15, -0.1) is 0 Å². The first-order chi connectivity index (χ1) is 12.2. The lowest BCUT2D eigenvalue weighted by atomic mass is 9.92. The van der Waals surface area contributed by atoms with E-state index in [1.54, 1.807) is 6.26 Å². The number of carbonyl (C=O) groups excluding carboxylic acids is 1. The van der Waals surface area contributed by atoms with Crippen LogP contribution in [0.15, 0.2) is 16.7 Å². The Kier molecular flexibility index (Phi) is 5.10. The summed E-state index contributed by atoms with van der Waals surface area (Å²) < 4.78 is 17.0. The van der Waals surface area contributed by atoms with Crippen LogP contribution < -0.4 is 0 Å². The van der Waals surface area contributed by atoms with Crippen molar-refractivity contribution < 1.29 is 18.7 Å². The standard InChI is InChI=1S/C19H28N2O4/c1-14-3-10-25-18(14)19(22)21-6-2-15-12-20(7-11-24-17(15)13-21)16-4-8-23-9-5-16/h3,10,15-17H,2,4-9,11-13H2,1H3/t15-,17-/m1/s1. The molecule has 0 bridgehead atoms. The summed E-state index contributed by atoms with van der Waals surface area (Å²) in [5, 5.41) is 0. The van der Waals surface area contributed by atoms with E-state index in [4.69, 9.17) is 13.9 Å². The third kappa shape index (κ3) is 3.61. The highest BCUT2D eigenvalue weighted by molar-refractivity contribution is 5.92. The van der Waals surface area contributed by atoms with E-state index >= 15 is 0 Å². The molecule has 0 spiro atoms. The van der Waals surface area contributed by atoms with Crippen molar-refractivity contribution in [3.8, 4) is 0 Å². The van der Waals surface area contributed by atoms with Crippen molar-refractivity contribution in [3.05, 3.63) is 23.7 Å². The van der Waals surface area contributed by atoms with Crippen LogP contribution in [-0.2, 0) is 9.47 Å². The monoisotopic (exact) mass is 348 g/mol. The third-order valence-corrected chi connectivity index (χ3v) is 5.93. The summed E-state index contributed by atoms with van der Waals surface area (Å²) in [7, 11) is 0. The van der Waals surface area contributed by atoms with Crippen molar-refractivity contribution in [2.24, 2.45) is 5.92 Å². The molecule has 3 aliphatic rings. The Balaban J connectivity index is 1.39. The van der Waals surface area contributed by atoms with Gasteiger partial charge in [0.2, 0.25) is 0 Å². The molecule has 3 saturated heterocycles. The first kappa shape index (κ1) is 17.1. The van der Waals surface area contributed by atoms with Crippen molar-refractivity contribution in [3.63, 3.8) is 0 Å². The largest absolute Gasteiger partial charge is 0.459 e. The predicted octanol–water partition coefficient (Wildman–Crippen LogP) is 1.93. The fraction of sp³-hybridized carbons (Fsp3) is 0.737. The van der Waals surface area contributed by atoms with Gasteiger partial charge in [0, 0.05) is 56.9 Å². The minimum absolute atomic E-state index is 0.00455. The molecule has 1 amide bonds. The Morgan fingerprint density at radius 2 is 1.96 bits per heavy atom. The van der Waals surface area contributed by atoms with Gasteiger partial charge < -0.3 is 18.8 Å². The molecular formula is C19H28N2O4. The summed E-state index contributed by atoms with van der Waals surface area (Å²) in [5.41, 5.74) is 0.902. The molecule has 0 saturated carbocycles. The van der Waals surface area contributed by atoms with E-state index in [2.05, 4.69) is 4.90 Å². The topological polar surface area (TPSA) is 55.2 Å². The van der Waals surface area contributed by atoms with Gasteiger partial charge in [0.15, 0.2) is 5.76 Å². The van der Waals surface area contributed by atoms with Gasteiger partial charge in [-0.05, 0) is 32.3 Å². The smallest absolute Gasteiger partial charge is 0.289 e. The number of hydrogen-bond donors (Lipinski definition) is 0. The van der Waals surface area contributed by atoms with E-state index in [0.29, 0.717) is 24.3 Å². The maximum Gasteiger partial charge on any atom is 0.289 e. The molecule has 4 rings (SSSR count). The molecule has 6 heteroatoms. The van der Waals surface area contributed by atoms with E-state index in [1.165, 1.54) is 0 Å². The molecule has 6 nitrogen and oxygen atoms in total. The average molecular weight is 348 g/mol. The van der Waals surface area contributed by atoms with Gasteiger partial charge in [-0.1, -0.05) is 0 Å². The lowest BCUT2D eigenvalue weighted by Gasteiger charge is -2.39. The number of hydrogen-bond acceptors (Lipinski definition) is 5.